The highest BCUT2D eigenvalue weighted by atomic mass is 32.1. The largest absolute Gasteiger partial charge is 0.383 e. The lowest BCUT2D eigenvalue weighted by Crippen LogP contribution is -2.20. The van der Waals surface area contributed by atoms with Gasteiger partial charge in [0.1, 0.15) is 11.3 Å². The summed E-state index contributed by atoms with van der Waals surface area (Å²) >= 11 is 1.84. The maximum absolute atomic E-state index is 5.29. The van der Waals surface area contributed by atoms with E-state index in [0.717, 1.165) is 49.6 Å². The molecule has 6 heteroatoms. The molecule has 3 aromatic rings. The quantitative estimate of drug-likeness (QED) is 0.690. The molecule has 5 nitrogen and oxygen atoms in total. The van der Waals surface area contributed by atoms with Crippen molar-refractivity contribution >= 4 is 22.5 Å². The molecular weight excluding hydrogens is 320 g/mol. The number of methoxy groups -OCH3 is 1. The third-order valence-electron chi connectivity index (χ3n) is 4.65. The second kappa shape index (κ2) is 7.01. The number of aromatic nitrogens is 3. The zero-order chi connectivity index (χ0) is 16.4. The Morgan fingerprint density at radius 1 is 1.33 bits per heavy atom. The Bertz CT molecular complexity index is 799. The van der Waals surface area contributed by atoms with Crippen LogP contribution >= 0.6 is 11.3 Å². The molecule has 0 spiro atoms. The van der Waals surface area contributed by atoms with Crippen LogP contribution in [0, 0.1) is 0 Å². The Morgan fingerprint density at radius 2 is 2.29 bits per heavy atom. The van der Waals surface area contributed by atoms with Gasteiger partial charge in [0.25, 0.3) is 0 Å². The standard InChI is InChI=1S/C18H22N4OS/c1-23-10-9-22-17(20-16-5-2-7-19-18(16)22)14-6-8-21(12-14)13-15-4-3-11-24-15/h2-5,7,11,14H,6,8-10,12-13H2,1H3. The van der Waals surface area contributed by atoms with E-state index in [9.17, 15) is 0 Å². The SMILES string of the molecule is COCCn1c(C2CCN(Cc3cccs3)C2)nc2cccnc21. The molecule has 1 saturated heterocycles. The van der Waals surface area contributed by atoms with E-state index in [4.69, 9.17) is 9.72 Å². The smallest absolute Gasteiger partial charge is 0.160 e. The van der Waals surface area contributed by atoms with E-state index < -0.39 is 0 Å². The second-order valence-electron chi connectivity index (χ2n) is 6.26. The summed E-state index contributed by atoms with van der Waals surface area (Å²) in [4.78, 5) is 13.4. The first kappa shape index (κ1) is 15.7. The van der Waals surface area contributed by atoms with Gasteiger partial charge in [-0.1, -0.05) is 6.07 Å². The van der Waals surface area contributed by atoms with Crippen LogP contribution in [0.1, 0.15) is 23.0 Å². The highest BCUT2D eigenvalue weighted by Crippen LogP contribution is 2.30. The van der Waals surface area contributed by atoms with Gasteiger partial charge in [0, 0.05) is 43.7 Å². The average Bonchev–Trinajstić information content (AvgIpc) is 3.33. The van der Waals surface area contributed by atoms with Gasteiger partial charge in [-0.2, -0.15) is 0 Å². The van der Waals surface area contributed by atoms with Crippen molar-refractivity contribution in [1.29, 1.82) is 0 Å². The fourth-order valence-electron chi connectivity index (χ4n) is 3.50. The molecular formula is C18H22N4OS. The highest BCUT2D eigenvalue weighted by Gasteiger charge is 2.28. The number of likely N-dealkylation sites (tertiary alicyclic amines) is 1. The van der Waals surface area contributed by atoms with E-state index in [0.29, 0.717) is 12.5 Å². The minimum absolute atomic E-state index is 0.469. The van der Waals surface area contributed by atoms with Crippen molar-refractivity contribution in [2.45, 2.75) is 25.4 Å². The molecule has 0 radical (unpaired) electrons. The lowest BCUT2D eigenvalue weighted by Gasteiger charge is -2.16. The summed E-state index contributed by atoms with van der Waals surface area (Å²) in [5, 5.41) is 2.15. The maximum Gasteiger partial charge on any atom is 0.160 e. The summed E-state index contributed by atoms with van der Waals surface area (Å²) in [6.07, 6.45) is 3.00. The van der Waals surface area contributed by atoms with E-state index in [1.807, 2.05) is 29.7 Å². The van der Waals surface area contributed by atoms with E-state index in [-0.39, 0.29) is 0 Å². The summed E-state index contributed by atoms with van der Waals surface area (Å²) < 4.78 is 7.54. The van der Waals surface area contributed by atoms with Crippen LogP contribution in [0.5, 0.6) is 0 Å². The van der Waals surface area contributed by atoms with Crippen LogP contribution in [0.3, 0.4) is 0 Å². The van der Waals surface area contributed by atoms with Crippen LogP contribution < -0.4 is 0 Å². The van der Waals surface area contributed by atoms with Crippen molar-refractivity contribution in [1.82, 2.24) is 19.4 Å². The molecule has 126 valence electrons. The Balaban J connectivity index is 1.57. The number of pyridine rings is 1. The third-order valence-corrected chi connectivity index (χ3v) is 5.51. The molecule has 0 aliphatic carbocycles. The van der Waals surface area contributed by atoms with Crippen LogP contribution in [0.4, 0.5) is 0 Å². The number of fused-ring (bicyclic) bond motifs is 1. The molecule has 1 fully saturated rings. The summed E-state index contributed by atoms with van der Waals surface area (Å²) in [5.74, 6) is 1.63. The molecule has 1 aliphatic heterocycles. The molecule has 0 aromatic carbocycles. The molecule has 4 rings (SSSR count). The van der Waals surface area contributed by atoms with Crippen molar-refractivity contribution in [2.24, 2.45) is 0 Å². The minimum atomic E-state index is 0.469. The molecule has 1 unspecified atom stereocenters. The van der Waals surface area contributed by atoms with Gasteiger partial charge in [0.05, 0.1) is 6.61 Å². The van der Waals surface area contributed by atoms with E-state index >= 15 is 0 Å². The predicted molar refractivity (Wildman–Crippen MR) is 96.4 cm³/mol. The summed E-state index contributed by atoms with van der Waals surface area (Å²) in [6.45, 7) is 4.73. The molecule has 0 bridgehead atoms. The van der Waals surface area contributed by atoms with Gasteiger partial charge < -0.3 is 9.30 Å². The number of ether oxygens (including phenoxy) is 1. The van der Waals surface area contributed by atoms with Gasteiger partial charge >= 0.3 is 0 Å². The topological polar surface area (TPSA) is 43.2 Å². The number of imidazole rings is 1. The van der Waals surface area contributed by atoms with Gasteiger partial charge in [0.15, 0.2) is 5.65 Å². The number of rotatable bonds is 6. The lowest BCUT2D eigenvalue weighted by molar-refractivity contribution is 0.186. The molecule has 4 heterocycles. The Kier molecular flexibility index (Phi) is 4.60. The third kappa shape index (κ3) is 3.09. The monoisotopic (exact) mass is 342 g/mol. The van der Waals surface area contributed by atoms with Crippen LogP contribution in [-0.2, 0) is 17.8 Å². The maximum atomic E-state index is 5.29. The predicted octanol–water partition coefficient (Wildman–Crippen LogP) is 3.13. The Hall–Kier alpha value is -1.76. The van der Waals surface area contributed by atoms with Crippen molar-refractivity contribution in [3.63, 3.8) is 0 Å². The fourth-order valence-corrected chi connectivity index (χ4v) is 4.25. The summed E-state index contributed by atoms with van der Waals surface area (Å²) in [7, 11) is 1.74. The zero-order valence-corrected chi connectivity index (χ0v) is 14.7. The first-order valence-electron chi connectivity index (χ1n) is 8.40. The number of hydrogen-bond acceptors (Lipinski definition) is 5. The molecule has 0 N–H and O–H groups in total. The number of hydrogen-bond donors (Lipinski definition) is 0. The minimum Gasteiger partial charge on any atom is -0.383 e. The summed E-state index contributed by atoms with van der Waals surface area (Å²) in [6, 6.07) is 8.35. The van der Waals surface area contributed by atoms with Crippen LogP contribution in [0.2, 0.25) is 0 Å². The molecule has 3 aromatic heterocycles. The first-order valence-corrected chi connectivity index (χ1v) is 9.28. The number of thiophene rings is 1. The second-order valence-corrected chi connectivity index (χ2v) is 7.29. The number of nitrogens with zero attached hydrogens (tertiary/aromatic N) is 4. The van der Waals surface area contributed by atoms with Gasteiger partial charge in [-0.3, -0.25) is 4.90 Å². The Morgan fingerprint density at radius 3 is 3.12 bits per heavy atom. The fraction of sp³-hybridized carbons (Fsp3) is 0.444. The zero-order valence-electron chi connectivity index (χ0n) is 13.9. The van der Waals surface area contributed by atoms with Crippen molar-refractivity contribution in [2.75, 3.05) is 26.8 Å². The normalized spacial score (nSPS) is 18.6. The molecule has 1 atom stereocenters. The summed E-state index contributed by atoms with van der Waals surface area (Å²) in [5.41, 5.74) is 1.96. The van der Waals surface area contributed by atoms with E-state index in [1.165, 1.54) is 4.88 Å². The van der Waals surface area contributed by atoms with E-state index in [2.05, 4.69) is 32.0 Å². The lowest BCUT2D eigenvalue weighted by atomic mass is 10.1. The average molecular weight is 342 g/mol. The molecule has 24 heavy (non-hydrogen) atoms. The van der Waals surface area contributed by atoms with Crippen LogP contribution in [0.25, 0.3) is 11.2 Å². The van der Waals surface area contributed by atoms with Gasteiger partial charge in [0.2, 0.25) is 0 Å². The van der Waals surface area contributed by atoms with Gasteiger partial charge in [-0.15, -0.1) is 11.3 Å². The molecule has 1 aliphatic rings. The van der Waals surface area contributed by atoms with E-state index in [1.54, 1.807) is 7.11 Å². The van der Waals surface area contributed by atoms with Gasteiger partial charge in [-0.25, -0.2) is 9.97 Å². The van der Waals surface area contributed by atoms with Crippen molar-refractivity contribution in [3.8, 4) is 0 Å². The van der Waals surface area contributed by atoms with Crippen LogP contribution in [0.15, 0.2) is 35.8 Å². The van der Waals surface area contributed by atoms with Crippen molar-refractivity contribution < 1.29 is 4.74 Å². The molecule has 0 saturated carbocycles. The van der Waals surface area contributed by atoms with Crippen LogP contribution in [-0.4, -0.2) is 46.2 Å². The highest BCUT2D eigenvalue weighted by molar-refractivity contribution is 7.09. The Labute approximate surface area is 145 Å². The molecule has 0 amide bonds. The van der Waals surface area contributed by atoms with Crippen molar-refractivity contribution in [3.05, 3.63) is 46.5 Å². The first-order chi connectivity index (χ1) is 11.8. The van der Waals surface area contributed by atoms with Gasteiger partial charge in [-0.05, 0) is 36.5 Å².